The lowest BCUT2D eigenvalue weighted by atomic mass is 10.1. The van der Waals surface area contributed by atoms with Crippen molar-refractivity contribution >= 4 is 17.5 Å². The first-order valence-electron chi connectivity index (χ1n) is 9.92. The molecule has 0 aliphatic carbocycles. The number of para-hydroxylation sites is 1. The second-order valence-corrected chi connectivity index (χ2v) is 7.40. The molecule has 2 aromatic carbocycles. The van der Waals surface area contributed by atoms with Gasteiger partial charge < -0.3 is 18.9 Å². The van der Waals surface area contributed by atoms with Gasteiger partial charge in [0.15, 0.2) is 0 Å². The Labute approximate surface area is 182 Å². The van der Waals surface area contributed by atoms with Crippen molar-refractivity contribution in [1.82, 2.24) is 9.47 Å². The standard InChI is InChI=1S/C24H27ClN2O3/c1-29-16-8-15-27(24(28)21-11-4-6-13-23(21)30-2)18-20-10-7-14-26(20)17-19-9-3-5-12-22(19)25/h3-7,9-14H,8,15-18H2,1-2H3. The van der Waals surface area contributed by atoms with Gasteiger partial charge in [-0.3, -0.25) is 4.79 Å². The SMILES string of the molecule is COCCCN(Cc1cccn1Cc1ccccc1Cl)C(=O)c1ccccc1OC. The van der Waals surface area contributed by atoms with Gasteiger partial charge in [0.05, 0.1) is 19.2 Å². The van der Waals surface area contributed by atoms with Crippen LogP contribution < -0.4 is 4.74 Å². The van der Waals surface area contributed by atoms with Gasteiger partial charge in [0.1, 0.15) is 5.75 Å². The Morgan fingerprint density at radius 3 is 2.57 bits per heavy atom. The first-order valence-corrected chi connectivity index (χ1v) is 10.3. The lowest BCUT2D eigenvalue weighted by molar-refractivity contribution is 0.0716. The number of carbonyl (C=O) groups excluding carboxylic acids is 1. The maximum Gasteiger partial charge on any atom is 0.257 e. The zero-order chi connectivity index (χ0) is 21.3. The van der Waals surface area contributed by atoms with Crippen LogP contribution >= 0.6 is 11.6 Å². The molecular formula is C24H27ClN2O3. The monoisotopic (exact) mass is 426 g/mol. The van der Waals surface area contributed by atoms with Crippen LogP contribution in [0.2, 0.25) is 5.02 Å². The van der Waals surface area contributed by atoms with Crippen molar-refractivity contribution in [3.63, 3.8) is 0 Å². The fourth-order valence-electron chi connectivity index (χ4n) is 3.40. The highest BCUT2D eigenvalue weighted by Crippen LogP contribution is 2.22. The summed E-state index contributed by atoms with van der Waals surface area (Å²) in [4.78, 5) is 15.2. The molecule has 3 rings (SSSR count). The molecule has 6 heteroatoms. The third-order valence-corrected chi connectivity index (χ3v) is 5.34. The minimum absolute atomic E-state index is 0.0611. The van der Waals surface area contributed by atoms with E-state index in [9.17, 15) is 4.79 Å². The third-order valence-electron chi connectivity index (χ3n) is 4.98. The van der Waals surface area contributed by atoms with E-state index in [1.54, 1.807) is 26.4 Å². The molecule has 0 aliphatic heterocycles. The Morgan fingerprint density at radius 2 is 1.80 bits per heavy atom. The number of nitrogens with zero attached hydrogens (tertiary/aromatic N) is 2. The van der Waals surface area contributed by atoms with E-state index < -0.39 is 0 Å². The molecule has 3 aromatic rings. The first-order chi connectivity index (χ1) is 14.6. The number of carbonyl (C=O) groups is 1. The van der Waals surface area contributed by atoms with Crippen LogP contribution in [-0.2, 0) is 17.8 Å². The van der Waals surface area contributed by atoms with E-state index in [0.717, 1.165) is 22.7 Å². The minimum atomic E-state index is -0.0611. The van der Waals surface area contributed by atoms with Crippen molar-refractivity contribution in [3.05, 3.63) is 88.7 Å². The highest BCUT2D eigenvalue weighted by Gasteiger charge is 2.20. The molecule has 0 atom stereocenters. The van der Waals surface area contributed by atoms with Crippen LogP contribution in [-0.4, -0.2) is 42.7 Å². The summed E-state index contributed by atoms with van der Waals surface area (Å²) in [6.45, 7) is 2.31. The molecule has 0 bridgehead atoms. The smallest absolute Gasteiger partial charge is 0.257 e. The minimum Gasteiger partial charge on any atom is -0.496 e. The zero-order valence-corrected chi connectivity index (χ0v) is 18.1. The number of benzene rings is 2. The van der Waals surface area contributed by atoms with Gasteiger partial charge in [0.2, 0.25) is 0 Å². The number of halogens is 1. The van der Waals surface area contributed by atoms with Gasteiger partial charge >= 0.3 is 0 Å². The van der Waals surface area contributed by atoms with Crippen LogP contribution in [0.5, 0.6) is 5.75 Å². The number of rotatable bonds is 10. The predicted octanol–water partition coefficient (Wildman–Crippen LogP) is 4.88. The molecule has 1 aromatic heterocycles. The van der Waals surface area contributed by atoms with Gasteiger partial charge in [-0.1, -0.05) is 41.9 Å². The molecule has 5 nitrogen and oxygen atoms in total. The van der Waals surface area contributed by atoms with Crippen LogP contribution in [0.1, 0.15) is 28.0 Å². The van der Waals surface area contributed by atoms with Crippen molar-refractivity contribution < 1.29 is 14.3 Å². The summed E-state index contributed by atoms with van der Waals surface area (Å²) < 4.78 is 12.7. The Morgan fingerprint density at radius 1 is 1.03 bits per heavy atom. The molecule has 30 heavy (non-hydrogen) atoms. The van der Waals surface area contributed by atoms with Gasteiger partial charge in [-0.05, 0) is 42.3 Å². The van der Waals surface area contributed by atoms with Crippen LogP contribution in [0.3, 0.4) is 0 Å². The number of ether oxygens (including phenoxy) is 2. The molecule has 0 unspecified atom stereocenters. The fourth-order valence-corrected chi connectivity index (χ4v) is 3.59. The summed E-state index contributed by atoms with van der Waals surface area (Å²) in [6, 6.07) is 19.2. The summed E-state index contributed by atoms with van der Waals surface area (Å²) in [5, 5.41) is 0.735. The number of amides is 1. The largest absolute Gasteiger partial charge is 0.496 e. The molecule has 0 radical (unpaired) electrons. The lowest BCUT2D eigenvalue weighted by Crippen LogP contribution is -2.33. The maximum absolute atomic E-state index is 13.3. The quantitative estimate of drug-likeness (QED) is 0.434. The van der Waals surface area contributed by atoms with E-state index in [2.05, 4.69) is 4.57 Å². The van der Waals surface area contributed by atoms with E-state index >= 15 is 0 Å². The molecule has 1 amide bonds. The molecule has 1 heterocycles. The molecule has 0 aliphatic rings. The second-order valence-electron chi connectivity index (χ2n) is 6.99. The molecular weight excluding hydrogens is 400 g/mol. The second kappa shape index (κ2) is 10.9. The van der Waals surface area contributed by atoms with Crippen molar-refractivity contribution in [3.8, 4) is 5.75 Å². The Balaban J connectivity index is 1.83. The molecule has 158 valence electrons. The van der Waals surface area contributed by atoms with Crippen LogP contribution in [0, 0.1) is 0 Å². The van der Waals surface area contributed by atoms with Crippen molar-refractivity contribution in [1.29, 1.82) is 0 Å². The average molecular weight is 427 g/mol. The normalized spacial score (nSPS) is 10.8. The van der Waals surface area contributed by atoms with Crippen molar-refractivity contribution in [2.45, 2.75) is 19.5 Å². The summed E-state index contributed by atoms with van der Waals surface area (Å²) >= 11 is 6.34. The first kappa shape index (κ1) is 21.9. The molecule has 0 N–H and O–H groups in total. The molecule has 0 spiro atoms. The molecule has 0 saturated heterocycles. The number of aromatic nitrogens is 1. The summed E-state index contributed by atoms with van der Waals surface area (Å²) in [7, 11) is 3.25. The zero-order valence-electron chi connectivity index (χ0n) is 17.4. The highest BCUT2D eigenvalue weighted by molar-refractivity contribution is 6.31. The van der Waals surface area contributed by atoms with E-state index in [4.69, 9.17) is 21.1 Å². The van der Waals surface area contributed by atoms with E-state index in [1.165, 1.54) is 0 Å². The van der Waals surface area contributed by atoms with Gasteiger partial charge in [-0.2, -0.15) is 0 Å². The van der Waals surface area contributed by atoms with Gasteiger partial charge in [0, 0.05) is 43.7 Å². The molecule has 0 fully saturated rings. The van der Waals surface area contributed by atoms with Crippen LogP contribution in [0.25, 0.3) is 0 Å². The van der Waals surface area contributed by atoms with Crippen molar-refractivity contribution in [2.24, 2.45) is 0 Å². The van der Waals surface area contributed by atoms with Crippen molar-refractivity contribution in [2.75, 3.05) is 27.4 Å². The Bertz CT molecular complexity index is 970. The predicted molar refractivity (Wildman–Crippen MR) is 119 cm³/mol. The van der Waals surface area contributed by atoms with E-state index in [-0.39, 0.29) is 5.91 Å². The highest BCUT2D eigenvalue weighted by atomic mass is 35.5. The summed E-state index contributed by atoms with van der Waals surface area (Å²) in [5.74, 6) is 0.514. The average Bonchev–Trinajstić information content (AvgIpc) is 3.20. The van der Waals surface area contributed by atoms with Gasteiger partial charge in [0.25, 0.3) is 5.91 Å². The van der Waals surface area contributed by atoms with E-state index in [1.807, 2.05) is 59.6 Å². The lowest BCUT2D eigenvalue weighted by Gasteiger charge is -2.24. The topological polar surface area (TPSA) is 43.7 Å². The molecule has 0 saturated carbocycles. The van der Waals surface area contributed by atoms with Crippen LogP contribution in [0.15, 0.2) is 66.9 Å². The third kappa shape index (κ3) is 5.43. The fraction of sp³-hybridized carbons (Fsp3) is 0.292. The Hall–Kier alpha value is -2.76. The number of hydrogen-bond donors (Lipinski definition) is 0. The van der Waals surface area contributed by atoms with Gasteiger partial charge in [-0.25, -0.2) is 0 Å². The van der Waals surface area contributed by atoms with Crippen LogP contribution in [0.4, 0.5) is 0 Å². The number of methoxy groups -OCH3 is 2. The number of hydrogen-bond acceptors (Lipinski definition) is 3. The van der Waals surface area contributed by atoms with Gasteiger partial charge in [-0.15, -0.1) is 0 Å². The summed E-state index contributed by atoms with van der Waals surface area (Å²) in [5.41, 5.74) is 2.64. The Kier molecular flexibility index (Phi) is 7.94. The van der Waals surface area contributed by atoms with E-state index in [0.29, 0.717) is 37.6 Å². The maximum atomic E-state index is 13.3. The summed E-state index contributed by atoms with van der Waals surface area (Å²) in [6.07, 6.45) is 2.77.